The Balaban J connectivity index is 1.44. The smallest absolute Gasteiger partial charge is 0.143 e. The molecular weight excluding hydrogens is 520 g/mol. The fraction of sp³-hybridized carbons (Fsp3) is 0. The van der Waals surface area contributed by atoms with Gasteiger partial charge in [-0.2, -0.15) is 0 Å². The summed E-state index contributed by atoms with van der Waals surface area (Å²) in [7, 11) is 0. The van der Waals surface area contributed by atoms with E-state index < -0.39 is 0 Å². The van der Waals surface area contributed by atoms with Gasteiger partial charge in [0.1, 0.15) is 11.2 Å². The van der Waals surface area contributed by atoms with Crippen LogP contribution in [0.1, 0.15) is 4.11 Å². The second-order valence-electron chi connectivity index (χ2n) is 11.0. The van der Waals surface area contributed by atoms with E-state index in [2.05, 4.69) is 91.0 Å². The summed E-state index contributed by atoms with van der Waals surface area (Å²) in [5, 5.41) is 7.65. The van der Waals surface area contributed by atoms with Gasteiger partial charge >= 0.3 is 0 Å². The molecule has 0 amide bonds. The predicted octanol–water partition coefficient (Wildman–Crippen LogP) is 12.0. The summed E-state index contributed by atoms with van der Waals surface area (Å²) in [6.07, 6.45) is 0. The molecule has 1 nitrogen and oxygen atoms in total. The maximum Gasteiger partial charge on any atom is 0.143 e. The lowest BCUT2D eigenvalue weighted by Gasteiger charge is -2.18. The van der Waals surface area contributed by atoms with Gasteiger partial charge in [-0.3, -0.25) is 0 Å². The van der Waals surface area contributed by atoms with Gasteiger partial charge in [-0.1, -0.05) is 139 Å². The molecule has 1 heteroatoms. The molecular formula is C42H26O. The van der Waals surface area contributed by atoms with Crippen molar-refractivity contribution in [3.05, 3.63) is 158 Å². The Bertz CT molecular complexity index is 2610. The Morgan fingerprint density at radius 3 is 1.79 bits per heavy atom. The number of hydrogen-bond acceptors (Lipinski definition) is 1. The first-order chi connectivity index (χ1) is 22.6. The molecule has 0 aliphatic heterocycles. The van der Waals surface area contributed by atoms with Crippen molar-refractivity contribution in [1.29, 1.82) is 0 Å². The molecule has 0 aliphatic rings. The van der Waals surface area contributed by atoms with Crippen LogP contribution in [0.15, 0.2) is 162 Å². The molecule has 0 saturated heterocycles. The molecule has 0 N–H and O–H groups in total. The van der Waals surface area contributed by atoms with Gasteiger partial charge in [0.05, 0.1) is 4.11 Å². The Labute approximate surface area is 253 Å². The van der Waals surface area contributed by atoms with Crippen LogP contribution >= 0.6 is 0 Å². The Morgan fingerprint density at radius 2 is 1.05 bits per heavy atom. The Morgan fingerprint density at radius 1 is 0.442 bits per heavy atom. The Hall–Kier alpha value is -5.66. The molecule has 0 bridgehead atoms. The van der Waals surface area contributed by atoms with Gasteiger partial charge in [0.25, 0.3) is 0 Å². The van der Waals surface area contributed by atoms with Crippen molar-refractivity contribution in [1.82, 2.24) is 0 Å². The molecule has 9 rings (SSSR count). The van der Waals surface area contributed by atoms with Crippen LogP contribution < -0.4 is 0 Å². The number of furan rings is 1. The largest absolute Gasteiger partial charge is 0.455 e. The van der Waals surface area contributed by atoms with Crippen molar-refractivity contribution in [2.75, 3.05) is 0 Å². The number of fused-ring (bicyclic) bond motifs is 7. The molecule has 0 radical (unpaired) electrons. The first-order valence-corrected chi connectivity index (χ1v) is 14.5. The van der Waals surface area contributed by atoms with Crippen LogP contribution in [0.4, 0.5) is 0 Å². The van der Waals surface area contributed by atoms with E-state index in [0.717, 1.165) is 65.5 Å². The van der Waals surface area contributed by atoms with Gasteiger partial charge in [-0.05, 0) is 78.5 Å². The summed E-state index contributed by atoms with van der Waals surface area (Å²) < 4.78 is 33.7. The minimum atomic E-state index is -0.140. The second kappa shape index (κ2) is 9.44. The Kier molecular flexibility index (Phi) is 4.63. The lowest BCUT2D eigenvalue weighted by Crippen LogP contribution is -1.91. The molecule has 1 heterocycles. The van der Waals surface area contributed by atoms with Crippen LogP contribution in [0.25, 0.3) is 87.6 Å². The zero-order chi connectivity index (χ0) is 30.9. The maximum atomic E-state index is 9.38. The zero-order valence-electron chi connectivity index (χ0n) is 26.2. The predicted molar refractivity (Wildman–Crippen MR) is 183 cm³/mol. The van der Waals surface area contributed by atoms with Crippen LogP contribution in [0.3, 0.4) is 0 Å². The summed E-state index contributed by atoms with van der Waals surface area (Å²) in [6.45, 7) is 0. The molecule has 9 aromatic rings. The average molecular weight is 550 g/mol. The van der Waals surface area contributed by atoms with Gasteiger partial charge in [-0.15, -0.1) is 0 Å². The molecule has 0 aliphatic carbocycles. The van der Waals surface area contributed by atoms with E-state index in [0.29, 0.717) is 22.1 Å². The van der Waals surface area contributed by atoms with E-state index in [-0.39, 0.29) is 18.1 Å². The molecule has 8 aromatic carbocycles. The second-order valence-corrected chi connectivity index (χ2v) is 11.0. The van der Waals surface area contributed by atoms with Crippen molar-refractivity contribution in [3.8, 4) is 33.4 Å². The van der Waals surface area contributed by atoms with E-state index in [4.69, 9.17) is 7.16 Å². The maximum absolute atomic E-state index is 9.38. The van der Waals surface area contributed by atoms with E-state index in [1.807, 2.05) is 48.5 Å². The minimum Gasteiger partial charge on any atom is -0.455 e. The van der Waals surface area contributed by atoms with E-state index >= 15 is 0 Å². The van der Waals surface area contributed by atoms with Crippen molar-refractivity contribution >= 4 is 54.3 Å². The number of rotatable bonds is 3. The van der Waals surface area contributed by atoms with E-state index in [1.165, 1.54) is 0 Å². The molecule has 0 unspecified atom stereocenters. The molecule has 1 aromatic heterocycles. The van der Waals surface area contributed by atoms with Gasteiger partial charge in [0, 0.05) is 16.2 Å². The molecule has 200 valence electrons. The van der Waals surface area contributed by atoms with Gasteiger partial charge < -0.3 is 4.42 Å². The fourth-order valence-electron chi connectivity index (χ4n) is 6.76. The van der Waals surface area contributed by atoms with Gasteiger partial charge in [0.15, 0.2) is 0 Å². The third-order valence-electron chi connectivity index (χ3n) is 8.63. The molecule has 43 heavy (non-hydrogen) atoms. The van der Waals surface area contributed by atoms with Crippen LogP contribution in [-0.4, -0.2) is 0 Å². The average Bonchev–Trinajstić information content (AvgIpc) is 3.51. The molecule has 0 spiro atoms. The molecule has 0 saturated carbocycles. The van der Waals surface area contributed by atoms with Crippen molar-refractivity contribution in [3.63, 3.8) is 0 Å². The first-order valence-electron chi connectivity index (χ1n) is 16.0. The first kappa shape index (κ1) is 21.1. The van der Waals surface area contributed by atoms with Gasteiger partial charge in [0.2, 0.25) is 0 Å². The molecule has 0 atom stereocenters. The standard InChI is InChI=1S/C42H26O/c1-2-12-27(13-3-1)29-15-10-16-30(26-29)39-32-18-6-8-20-34(32)40(35-21-9-7-19-33(35)39)36-22-11-23-38-41(36)37-25-24-28-14-4-5-17-31(28)42(37)43-38/h1-26H/i11D,22D,23D. The fourth-order valence-corrected chi connectivity index (χ4v) is 6.76. The van der Waals surface area contributed by atoms with Crippen LogP contribution in [0.2, 0.25) is 0 Å². The SMILES string of the molecule is [2H]c1c([2H])c(-c2c3ccccc3c(-c3cccc(-c4ccccc4)c3)c3ccccc23)c2c(oc3c4ccccc4ccc32)c1[2H]. The highest BCUT2D eigenvalue weighted by atomic mass is 16.3. The lowest BCUT2D eigenvalue weighted by atomic mass is 9.84. The number of benzene rings is 8. The monoisotopic (exact) mass is 549 g/mol. The highest BCUT2D eigenvalue weighted by Crippen LogP contribution is 2.47. The minimum absolute atomic E-state index is 0.0301. The summed E-state index contributed by atoms with van der Waals surface area (Å²) >= 11 is 0. The van der Waals surface area contributed by atoms with Crippen molar-refractivity contribution < 1.29 is 8.53 Å². The summed E-state index contributed by atoms with van der Waals surface area (Å²) in [5.74, 6) is 0. The third kappa shape index (κ3) is 3.65. The zero-order valence-corrected chi connectivity index (χ0v) is 23.2. The highest BCUT2D eigenvalue weighted by Gasteiger charge is 2.20. The summed E-state index contributed by atoms with van der Waals surface area (Å²) in [6, 6.07) is 47.8. The lowest BCUT2D eigenvalue weighted by molar-refractivity contribution is 0.673. The summed E-state index contributed by atoms with van der Waals surface area (Å²) in [4.78, 5) is 0. The quantitative estimate of drug-likeness (QED) is 0.200. The highest BCUT2D eigenvalue weighted by molar-refractivity contribution is 6.27. The molecule has 0 fully saturated rings. The van der Waals surface area contributed by atoms with E-state index in [9.17, 15) is 1.37 Å². The van der Waals surface area contributed by atoms with Crippen LogP contribution in [0, 0.1) is 0 Å². The summed E-state index contributed by atoms with van der Waals surface area (Å²) in [5.41, 5.74) is 7.07. The van der Waals surface area contributed by atoms with Crippen LogP contribution in [0.5, 0.6) is 0 Å². The van der Waals surface area contributed by atoms with Crippen molar-refractivity contribution in [2.45, 2.75) is 0 Å². The number of hydrogen-bond donors (Lipinski definition) is 0. The van der Waals surface area contributed by atoms with Crippen LogP contribution in [-0.2, 0) is 0 Å². The third-order valence-corrected chi connectivity index (χ3v) is 8.63. The topological polar surface area (TPSA) is 13.1 Å². The normalized spacial score (nSPS) is 12.7. The van der Waals surface area contributed by atoms with Gasteiger partial charge in [-0.25, -0.2) is 0 Å². The van der Waals surface area contributed by atoms with Crippen molar-refractivity contribution in [2.24, 2.45) is 0 Å². The van der Waals surface area contributed by atoms with E-state index in [1.54, 1.807) is 0 Å².